The minimum absolute atomic E-state index is 0.898. The highest BCUT2D eigenvalue weighted by Gasteiger charge is 2.42. The molecule has 0 spiro atoms. The van der Waals surface area contributed by atoms with E-state index in [4.69, 9.17) is 0 Å². The van der Waals surface area contributed by atoms with E-state index in [0.29, 0.717) is 0 Å². The lowest BCUT2D eigenvalue weighted by Gasteiger charge is -2.33. The zero-order chi connectivity index (χ0) is 16.2. The zero-order valence-electron chi connectivity index (χ0n) is 15.2. The number of hydrogen-bond acceptors (Lipinski definition) is 3. The average Bonchev–Trinajstić information content (AvgIpc) is 3.14. The van der Waals surface area contributed by atoms with Gasteiger partial charge in [0.1, 0.15) is 5.82 Å². The lowest BCUT2D eigenvalue weighted by molar-refractivity contribution is 0.152. The van der Waals surface area contributed by atoms with Crippen LogP contribution in [-0.2, 0) is 0 Å². The lowest BCUT2D eigenvalue weighted by Crippen LogP contribution is -2.41. The van der Waals surface area contributed by atoms with Gasteiger partial charge in [-0.15, -0.1) is 0 Å². The monoisotopic (exact) mass is 315 g/mol. The zero-order valence-corrected chi connectivity index (χ0v) is 15.2. The van der Waals surface area contributed by atoms with Gasteiger partial charge in [0.15, 0.2) is 0 Å². The Hall–Kier alpha value is -1.09. The largest absolute Gasteiger partial charge is 0.355 e. The molecule has 2 aliphatic carbocycles. The Labute approximate surface area is 142 Å². The predicted molar refractivity (Wildman–Crippen MR) is 98.0 cm³/mol. The molecule has 1 aromatic rings. The average molecular weight is 316 g/mol. The first-order valence-electron chi connectivity index (χ1n) is 9.71. The fourth-order valence-electron chi connectivity index (χ4n) is 4.80. The Bertz CT molecular complexity index is 484. The van der Waals surface area contributed by atoms with Gasteiger partial charge in [-0.1, -0.05) is 26.3 Å². The van der Waals surface area contributed by atoms with Crippen LogP contribution in [0.3, 0.4) is 0 Å². The van der Waals surface area contributed by atoms with Crippen LogP contribution in [0.15, 0.2) is 18.3 Å². The molecular weight excluding hydrogens is 282 g/mol. The van der Waals surface area contributed by atoms with Gasteiger partial charge in [-0.25, -0.2) is 4.98 Å². The van der Waals surface area contributed by atoms with Crippen molar-refractivity contribution in [1.29, 1.82) is 0 Å². The van der Waals surface area contributed by atoms with E-state index in [2.05, 4.69) is 33.8 Å². The Morgan fingerprint density at radius 3 is 2.52 bits per heavy atom. The van der Waals surface area contributed by atoms with Crippen LogP contribution in [0.4, 0.5) is 5.82 Å². The van der Waals surface area contributed by atoms with Crippen molar-refractivity contribution in [3.63, 3.8) is 0 Å². The summed E-state index contributed by atoms with van der Waals surface area (Å²) in [6.07, 6.45) is 9.28. The van der Waals surface area contributed by atoms with Crippen molar-refractivity contribution in [3.8, 4) is 0 Å². The van der Waals surface area contributed by atoms with Crippen molar-refractivity contribution in [2.75, 3.05) is 31.1 Å². The van der Waals surface area contributed by atoms with E-state index in [1.165, 1.54) is 50.8 Å². The molecule has 2 bridgehead atoms. The molecule has 0 N–H and O–H groups in total. The summed E-state index contributed by atoms with van der Waals surface area (Å²) < 4.78 is 0. The first-order valence-corrected chi connectivity index (χ1v) is 9.71. The number of pyridine rings is 1. The van der Waals surface area contributed by atoms with Gasteiger partial charge in [0, 0.05) is 38.4 Å². The summed E-state index contributed by atoms with van der Waals surface area (Å²) in [5.74, 6) is 3.23. The Morgan fingerprint density at radius 1 is 1.00 bits per heavy atom. The minimum Gasteiger partial charge on any atom is -0.355 e. The highest BCUT2D eigenvalue weighted by atomic mass is 15.3. The highest BCUT2D eigenvalue weighted by Crippen LogP contribution is 2.46. The molecule has 0 aromatic carbocycles. The molecule has 3 unspecified atom stereocenters. The van der Waals surface area contributed by atoms with Crippen LogP contribution in [0.1, 0.15) is 51.5 Å². The van der Waals surface area contributed by atoms with E-state index in [1.54, 1.807) is 0 Å². The van der Waals surface area contributed by atoms with Crippen LogP contribution in [0, 0.1) is 18.8 Å². The molecule has 3 nitrogen and oxygen atoms in total. The fraction of sp³-hybridized carbons (Fsp3) is 0.750. The summed E-state index contributed by atoms with van der Waals surface area (Å²) in [5, 5.41) is 0. The lowest BCUT2D eigenvalue weighted by atomic mass is 9.94. The molecule has 4 rings (SSSR count). The first kappa shape index (κ1) is 16.8. The van der Waals surface area contributed by atoms with Crippen LogP contribution >= 0.6 is 0 Å². The molecule has 1 aliphatic heterocycles. The number of rotatable bonds is 2. The minimum atomic E-state index is 0.898. The molecule has 0 amide bonds. The van der Waals surface area contributed by atoms with Crippen molar-refractivity contribution in [3.05, 3.63) is 23.9 Å². The van der Waals surface area contributed by atoms with E-state index in [9.17, 15) is 0 Å². The van der Waals surface area contributed by atoms with E-state index < -0.39 is 0 Å². The highest BCUT2D eigenvalue weighted by molar-refractivity contribution is 5.39. The number of anilines is 1. The van der Waals surface area contributed by atoms with Crippen LogP contribution in [0.25, 0.3) is 0 Å². The van der Waals surface area contributed by atoms with Gasteiger partial charge in [0.25, 0.3) is 0 Å². The second kappa shape index (κ2) is 7.65. The molecule has 0 radical (unpaired) electrons. The Balaban J connectivity index is 0.000000753. The molecule has 2 heterocycles. The second-order valence-corrected chi connectivity index (χ2v) is 7.31. The molecule has 1 aromatic heterocycles. The summed E-state index contributed by atoms with van der Waals surface area (Å²) in [5.41, 5.74) is 1.25. The normalized spacial score (nSPS) is 30.7. The van der Waals surface area contributed by atoms with E-state index in [1.807, 2.05) is 20.0 Å². The number of hydrogen-bond donors (Lipinski definition) is 0. The van der Waals surface area contributed by atoms with Gasteiger partial charge < -0.3 is 4.90 Å². The van der Waals surface area contributed by atoms with Crippen LogP contribution in [0.2, 0.25) is 0 Å². The van der Waals surface area contributed by atoms with Gasteiger partial charge >= 0.3 is 0 Å². The van der Waals surface area contributed by atoms with Crippen LogP contribution in [0.5, 0.6) is 0 Å². The number of nitrogens with zero attached hydrogens (tertiary/aromatic N) is 3. The number of aryl methyl sites for hydroxylation is 1. The molecule has 3 aliphatic rings. The van der Waals surface area contributed by atoms with Gasteiger partial charge in [0.05, 0.1) is 0 Å². The summed E-state index contributed by atoms with van der Waals surface area (Å²) in [4.78, 5) is 9.89. The molecule has 23 heavy (non-hydrogen) atoms. The van der Waals surface area contributed by atoms with Crippen molar-refractivity contribution in [1.82, 2.24) is 9.88 Å². The van der Waals surface area contributed by atoms with Gasteiger partial charge in [-0.05, 0) is 56.1 Å². The topological polar surface area (TPSA) is 19.4 Å². The molecule has 3 heteroatoms. The Morgan fingerprint density at radius 2 is 1.87 bits per heavy atom. The summed E-state index contributed by atoms with van der Waals surface area (Å²) >= 11 is 0. The first-order chi connectivity index (χ1) is 11.3. The third-order valence-corrected chi connectivity index (χ3v) is 5.92. The Kier molecular flexibility index (Phi) is 5.58. The summed E-state index contributed by atoms with van der Waals surface area (Å²) in [6.45, 7) is 10.9. The molecule has 1 saturated heterocycles. The van der Waals surface area contributed by atoms with Crippen molar-refractivity contribution >= 4 is 5.82 Å². The maximum Gasteiger partial charge on any atom is 0.128 e. The number of fused-ring (bicyclic) bond motifs is 2. The van der Waals surface area contributed by atoms with Crippen molar-refractivity contribution in [2.24, 2.45) is 11.8 Å². The van der Waals surface area contributed by atoms with E-state index in [-0.39, 0.29) is 0 Å². The quantitative estimate of drug-likeness (QED) is 0.818. The molecular formula is C20H33N3. The van der Waals surface area contributed by atoms with Gasteiger partial charge in [-0.3, -0.25) is 4.90 Å². The molecule has 2 saturated carbocycles. The third kappa shape index (κ3) is 3.71. The fourth-order valence-corrected chi connectivity index (χ4v) is 4.80. The SMILES string of the molecule is CC.Cc1ccc(N2CCCN(C3CC4CCC3C4)CC2)nc1. The molecule has 3 fully saturated rings. The maximum absolute atomic E-state index is 4.61. The van der Waals surface area contributed by atoms with Crippen molar-refractivity contribution < 1.29 is 0 Å². The smallest absolute Gasteiger partial charge is 0.128 e. The third-order valence-electron chi connectivity index (χ3n) is 5.92. The van der Waals surface area contributed by atoms with Crippen LogP contribution in [-0.4, -0.2) is 42.1 Å². The van der Waals surface area contributed by atoms with E-state index in [0.717, 1.165) is 36.8 Å². The van der Waals surface area contributed by atoms with Gasteiger partial charge in [0.2, 0.25) is 0 Å². The second-order valence-electron chi connectivity index (χ2n) is 7.31. The summed E-state index contributed by atoms with van der Waals surface area (Å²) in [6, 6.07) is 5.26. The number of aromatic nitrogens is 1. The molecule has 128 valence electrons. The van der Waals surface area contributed by atoms with E-state index >= 15 is 0 Å². The van der Waals surface area contributed by atoms with Crippen LogP contribution < -0.4 is 4.90 Å². The van der Waals surface area contributed by atoms with Gasteiger partial charge in [-0.2, -0.15) is 0 Å². The maximum atomic E-state index is 4.61. The standard InChI is InChI=1S/C18H27N3.C2H6/c1-14-3-6-18(19-13-14)21-8-2-7-20(9-10-21)17-12-15-4-5-16(17)11-15;1-2/h3,6,13,15-17H,2,4-5,7-12H2,1H3;1-2H3. The molecule has 3 atom stereocenters. The predicted octanol–water partition coefficient (Wildman–Crippen LogP) is 4.12. The summed E-state index contributed by atoms with van der Waals surface area (Å²) in [7, 11) is 0. The van der Waals surface area contributed by atoms with Crippen molar-refractivity contribution in [2.45, 2.75) is 58.9 Å².